The fraction of sp³-hybridized carbons (Fsp3) is 0.529. The summed E-state index contributed by atoms with van der Waals surface area (Å²) in [6.45, 7) is 15.7. The molecule has 0 unspecified atom stereocenters. The topological polar surface area (TPSA) is 34.2 Å². The van der Waals surface area contributed by atoms with Crippen LogP contribution in [0.1, 0.15) is 54.5 Å². The predicted octanol–water partition coefficient (Wildman–Crippen LogP) is 7.10. The molecule has 5 nitrogen and oxygen atoms in total. The van der Waals surface area contributed by atoms with E-state index in [1.165, 1.54) is 46.7 Å². The summed E-state index contributed by atoms with van der Waals surface area (Å²) < 4.78 is 16.6. The standard InChI is InChI=1S/C27H42N2O3S.C7H6/c1-7-22-9-10-23(33-22)12-13-27(2,3)14-15-28-16-18-29(19-17-28)20-21-8-11-24(30-4)26(32-6)25(21)31-5;1-5-4-6-2-3-7(5)6/h8-11H,7,12-20H2,1-6H3;2-4H,1H3. The van der Waals surface area contributed by atoms with Crippen molar-refractivity contribution in [2.45, 2.75) is 59.9 Å². The Kier molecular flexibility index (Phi) is 10.6. The lowest BCUT2D eigenvalue weighted by Gasteiger charge is -2.36. The highest BCUT2D eigenvalue weighted by molar-refractivity contribution is 7.11. The molecular formula is C34H48N2O3S. The Morgan fingerprint density at radius 2 is 1.50 bits per heavy atom. The minimum absolute atomic E-state index is 0.376. The summed E-state index contributed by atoms with van der Waals surface area (Å²) in [5.74, 6) is 2.15. The Labute approximate surface area is 245 Å². The molecule has 1 saturated heterocycles. The van der Waals surface area contributed by atoms with Crippen molar-refractivity contribution in [3.05, 3.63) is 73.8 Å². The number of aryl methyl sites for hydroxylation is 3. The van der Waals surface area contributed by atoms with Crippen LogP contribution < -0.4 is 14.2 Å². The van der Waals surface area contributed by atoms with Crippen LogP contribution in [0.25, 0.3) is 0 Å². The molecule has 1 aromatic heterocycles. The second kappa shape index (κ2) is 13.9. The quantitative estimate of drug-likeness (QED) is 0.183. The fourth-order valence-electron chi connectivity index (χ4n) is 5.47. The van der Waals surface area contributed by atoms with E-state index in [0.717, 1.165) is 50.5 Å². The van der Waals surface area contributed by atoms with Crippen LogP contribution >= 0.6 is 11.3 Å². The van der Waals surface area contributed by atoms with Gasteiger partial charge in [-0.15, -0.1) is 11.3 Å². The van der Waals surface area contributed by atoms with E-state index < -0.39 is 0 Å². The van der Waals surface area contributed by atoms with Crippen molar-refractivity contribution < 1.29 is 14.2 Å². The zero-order chi connectivity index (χ0) is 28.7. The molecule has 1 aliphatic heterocycles. The number of ether oxygens (including phenoxy) is 3. The van der Waals surface area contributed by atoms with Gasteiger partial charge in [0.25, 0.3) is 0 Å². The van der Waals surface area contributed by atoms with E-state index >= 15 is 0 Å². The summed E-state index contributed by atoms with van der Waals surface area (Å²) in [6, 6.07) is 15.2. The zero-order valence-corrected chi connectivity index (χ0v) is 26.5. The lowest BCUT2D eigenvalue weighted by Crippen LogP contribution is -2.46. The average Bonchev–Trinajstić information content (AvgIpc) is 3.42. The Morgan fingerprint density at radius 3 is 2.00 bits per heavy atom. The van der Waals surface area contributed by atoms with Crippen molar-refractivity contribution in [2.24, 2.45) is 5.41 Å². The summed E-state index contributed by atoms with van der Waals surface area (Å²) in [5.41, 5.74) is 2.96. The maximum Gasteiger partial charge on any atom is 0.203 e. The van der Waals surface area contributed by atoms with Crippen molar-refractivity contribution in [1.29, 1.82) is 0 Å². The molecule has 0 atom stereocenters. The highest BCUT2D eigenvalue weighted by Crippen LogP contribution is 2.40. The van der Waals surface area contributed by atoms with Gasteiger partial charge in [0.2, 0.25) is 5.75 Å². The lowest BCUT2D eigenvalue weighted by atomic mass is 9.84. The van der Waals surface area contributed by atoms with Crippen molar-refractivity contribution in [2.75, 3.05) is 54.1 Å². The molecule has 2 aromatic rings. The molecule has 0 saturated carbocycles. The molecule has 2 aliphatic carbocycles. The van der Waals surface area contributed by atoms with Crippen molar-refractivity contribution in [3.63, 3.8) is 0 Å². The molecule has 0 radical (unpaired) electrons. The van der Waals surface area contributed by atoms with E-state index in [2.05, 4.69) is 73.9 Å². The molecule has 40 heavy (non-hydrogen) atoms. The molecule has 1 aromatic carbocycles. The molecule has 0 N–H and O–H groups in total. The summed E-state index contributed by atoms with van der Waals surface area (Å²) in [6.07, 6.45) is 4.87. The summed E-state index contributed by atoms with van der Waals surface area (Å²) >= 11 is 1.99. The number of methoxy groups -OCH3 is 3. The third-order valence-corrected chi connectivity index (χ3v) is 9.69. The Hall–Kier alpha value is -2.54. The maximum atomic E-state index is 5.67. The Balaban J connectivity index is 0.000000451. The molecule has 0 spiro atoms. The van der Waals surface area contributed by atoms with Crippen molar-refractivity contribution >= 4 is 11.3 Å². The van der Waals surface area contributed by atoms with Crippen LogP contribution in [-0.4, -0.2) is 63.9 Å². The number of thiophene rings is 1. The molecular weight excluding hydrogens is 516 g/mol. The monoisotopic (exact) mass is 564 g/mol. The van der Waals surface area contributed by atoms with E-state index in [9.17, 15) is 0 Å². The SMILES string of the molecule is CCc1ccc(CCC(C)(C)CCN2CCN(Cc3ccc(OC)c(OC)c3OC)CC2)s1.Cc1cc2ccc1=2. The molecule has 2 heterocycles. The molecule has 0 amide bonds. The average molecular weight is 565 g/mol. The number of hydrogen-bond donors (Lipinski definition) is 0. The van der Waals surface area contributed by atoms with Crippen LogP contribution in [0.4, 0.5) is 0 Å². The normalized spacial score (nSPS) is 14.9. The second-order valence-electron chi connectivity index (χ2n) is 11.8. The van der Waals surface area contributed by atoms with Crippen LogP contribution in [0.3, 0.4) is 0 Å². The van der Waals surface area contributed by atoms with E-state index in [0.29, 0.717) is 16.9 Å². The van der Waals surface area contributed by atoms with Crippen LogP contribution in [0.2, 0.25) is 0 Å². The van der Waals surface area contributed by atoms with Crippen LogP contribution in [0, 0.1) is 22.8 Å². The predicted molar refractivity (Wildman–Crippen MR) is 167 cm³/mol. The van der Waals surface area contributed by atoms with Crippen molar-refractivity contribution in [3.8, 4) is 17.2 Å². The highest BCUT2D eigenvalue weighted by Gasteiger charge is 2.24. The number of benzene rings is 2. The molecule has 5 rings (SSSR count). The number of piperazine rings is 1. The first-order chi connectivity index (χ1) is 19.3. The minimum Gasteiger partial charge on any atom is -0.493 e. The van der Waals surface area contributed by atoms with Gasteiger partial charge in [-0.1, -0.05) is 45.0 Å². The second-order valence-corrected chi connectivity index (χ2v) is 13.0. The summed E-state index contributed by atoms with van der Waals surface area (Å²) in [4.78, 5) is 8.18. The molecule has 6 heteroatoms. The Bertz CT molecular complexity index is 1340. The van der Waals surface area contributed by atoms with Gasteiger partial charge in [0.15, 0.2) is 11.5 Å². The van der Waals surface area contributed by atoms with Crippen molar-refractivity contribution in [1.82, 2.24) is 9.80 Å². The molecule has 1 fully saturated rings. The fourth-order valence-corrected chi connectivity index (χ4v) is 6.43. The zero-order valence-electron chi connectivity index (χ0n) is 25.6. The highest BCUT2D eigenvalue weighted by atomic mass is 32.1. The van der Waals surface area contributed by atoms with E-state index in [4.69, 9.17) is 14.2 Å². The minimum atomic E-state index is 0.376. The van der Waals surface area contributed by atoms with Crippen LogP contribution in [0.15, 0.2) is 42.5 Å². The van der Waals surface area contributed by atoms with Crippen LogP contribution in [-0.2, 0) is 19.4 Å². The van der Waals surface area contributed by atoms with Gasteiger partial charge >= 0.3 is 0 Å². The van der Waals surface area contributed by atoms with E-state index in [1.54, 1.807) is 26.2 Å². The van der Waals surface area contributed by atoms with Gasteiger partial charge in [0.1, 0.15) is 0 Å². The van der Waals surface area contributed by atoms with E-state index in [-0.39, 0.29) is 0 Å². The molecule has 0 bridgehead atoms. The van der Waals surface area contributed by atoms with Gasteiger partial charge in [-0.05, 0) is 78.8 Å². The van der Waals surface area contributed by atoms with Gasteiger partial charge in [-0.25, -0.2) is 0 Å². The molecule has 218 valence electrons. The van der Waals surface area contributed by atoms with E-state index in [1.807, 2.05) is 17.4 Å². The maximum absolute atomic E-state index is 5.67. The Morgan fingerprint density at radius 1 is 0.800 bits per heavy atom. The van der Waals surface area contributed by atoms with Gasteiger partial charge < -0.3 is 19.1 Å². The first-order valence-electron chi connectivity index (χ1n) is 14.7. The first-order valence-corrected chi connectivity index (χ1v) is 15.5. The van der Waals surface area contributed by atoms with Gasteiger partial charge in [0, 0.05) is 48.0 Å². The summed E-state index contributed by atoms with van der Waals surface area (Å²) in [7, 11) is 5.01. The smallest absolute Gasteiger partial charge is 0.203 e. The largest absolute Gasteiger partial charge is 0.493 e. The third-order valence-electron chi connectivity index (χ3n) is 8.40. The number of hydrogen-bond acceptors (Lipinski definition) is 6. The van der Waals surface area contributed by atoms with Crippen LogP contribution in [0.5, 0.6) is 17.2 Å². The third kappa shape index (κ3) is 7.59. The summed E-state index contributed by atoms with van der Waals surface area (Å²) in [5, 5.41) is 2.91. The van der Waals surface area contributed by atoms with Gasteiger partial charge in [-0.3, -0.25) is 4.90 Å². The molecule has 3 aliphatic rings. The number of nitrogens with zero attached hydrogens (tertiary/aromatic N) is 2. The van der Waals surface area contributed by atoms with Gasteiger partial charge in [0.05, 0.1) is 21.3 Å². The lowest BCUT2D eigenvalue weighted by molar-refractivity contribution is 0.112. The number of rotatable bonds is 12. The first kappa shape index (κ1) is 30.4. The van der Waals surface area contributed by atoms with Gasteiger partial charge in [-0.2, -0.15) is 0 Å².